The van der Waals surface area contributed by atoms with Crippen molar-refractivity contribution in [2.24, 2.45) is 0 Å². The number of nitrogens with zero attached hydrogens (tertiary/aromatic N) is 2. The number of carbonyl (C=O) groups is 1. The molecule has 0 spiro atoms. The molecule has 1 heterocycles. The Labute approximate surface area is 121 Å². The highest BCUT2D eigenvalue weighted by atomic mass is 32.2. The molecule has 0 aliphatic heterocycles. The summed E-state index contributed by atoms with van der Waals surface area (Å²) in [6, 6.07) is 11.8. The summed E-state index contributed by atoms with van der Waals surface area (Å²) in [6.45, 7) is 0. The predicted molar refractivity (Wildman–Crippen MR) is 77.5 cm³/mol. The lowest BCUT2D eigenvalue weighted by atomic mass is 10.3. The van der Waals surface area contributed by atoms with Crippen molar-refractivity contribution in [3.63, 3.8) is 0 Å². The smallest absolute Gasteiger partial charge is 0.321 e. The van der Waals surface area contributed by atoms with Crippen molar-refractivity contribution in [1.29, 1.82) is 0 Å². The highest BCUT2D eigenvalue weighted by Crippen LogP contribution is 2.27. The molecule has 0 saturated carbocycles. The number of hydrogen-bond acceptors (Lipinski definition) is 3. The Hall–Kier alpha value is -2.08. The first kappa shape index (κ1) is 14.3. The van der Waals surface area contributed by atoms with E-state index in [0.717, 1.165) is 4.90 Å². The molecule has 0 aliphatic rings. The summed E-state index contributed by atoms with van der Waals surface area (Å²) >= 11 is 1.36. The Morgan fingerprint density at radius 1 is 1.20 bits per heavy atom. The average molecular weight is 291 g/mol. The summed E-state index contributed by atoms with van der Waals surface area (Å²) < 4.78 is 13.0. The third-order valence-corrected chi connectivity index (χ3v) is 3.37. The lowest BCUT2D eigenvalue weighted by Crippen LogP contribution is -2.27. The molecule has 1 N–H and O–H groups in total. The van der Waals surface area contributed by atoms with Crippen LogP contribution in [0.3, 0.4) is 0 Å². The number of rotatable bonds is 3. The van der Waals surface area contributed by atoms with Crippen molar-refractivity contribution in [2.45, 2.75) is 9.92 Å². The summed E-state index contributed by atoms with van der Waals surface area (Å²) in [4.78, 5) is 17.6. The second-order valence-electron chi connectivity index (χ2n) is 4.25. The Bertz CT molecular complexity index is 602. The fourth-order valence-corrected chi connectivity index (χ4v) is 2.20. The molecular weight excluding hydrogens is 277 g/mol. The van der Waals surface area contributed by atoms with E-state index in [0.29, 0.717) is 10.7 Å². The van der Waals surface area contributed by atoms with E-state index in [9.17, 15) is 9.18 Å². The van der Waals surface area contributed by atoms with E-state index in [1.165, 1.54) is 22.7 Å². The molecule has 0 radical (unpaired) electrons. The molecule has 2 amide bonds. The molecule has 2 rings (SSSR count). The minimum Gasteiger partial charge on any atom is -0.331 e. The lowest BCUT2D eigenvalue weighted by molar-refractivity contribution is 0.230. The molecule has 4 nitrogen and oxygen atoms in total. The van der Waals surface area contributed by atoms with Crippen LogP contribution in [0.15, 0.2) is 52.4 Å². The number of hydrogen-bond donors (Lipinski definition) is 1. The van der Waals surface area contributed by atoms with E-state index in [1.807, 2.05) is 12.1 Å². The van der Waals surface area contributed by atoms with Crippen LogP contribution in [-0.4, -0.2) is 30.0 Å². The maximum Gasteiger partial charge on any atom is 0.321 e. The molecule has 0 bridgehead atoms. The number of carbonyl (C=O) groups excluding carboxylic acids is 1. The van der Waals surface area contributed by atoms with Gasteiger partial charge in [0.05, 0.1) is 0 Å². The standard InChI is InChI=1S/C14H14FN3OS/c1-18(2)14(19)16-10-6-8-11(9-7-10)20-13-5-3-4-12(15)17-13/h3-9H,1-2H3,(H,16,19). The molecular formula is C14H14FN3OS. The zero-order chi connectivity index (χ0) is 14.5. The Kier molecular flexibility index (Phi) is 4.57. The largest absolute Gasteiger partial charge is 0.331 e. The van der Waals surface area contributed by atoms with Crippen LogP contribution in [0.2, 0.25) is 0 Å². The van der Waals surface area contributed by atoms with Crippen LogP contribution < -0.4 is 5.32 Å². The van der Waals surface area contributed by atoms with Gasteiger partial charge in [-0.2, -0.15) is 4.39 Å². The SMILES string of the molecule is CN(C)C(=O)Nc1ccc(Sc2cccc(F)n2)cc1. The third-order valence-electron chi connectivity index (χ3n) is 2.42. The first-order valence-corrected chi connectivity index (χ1v) is 6.75. The van der Waals surface area contributed by atoms with Gasteiger partial charge in [-0.3, -0.25) is 0 Å². The number of urea groups is 1. The molecule has 0 fully saturated rings. The van der Waals surface area contributed by atoms with Gasteiger partial charge in [-0.25, -0.2) is 9.78 Å². The summed E-state index contributed by atoms with van der Waals surface area (Å²) in [5, 5.41) is 3.34. The molecule has 0 aliphatic carbocycles. The maximum atomic E-state index is 13.0. The number of amides is 2. The fraction of sp³-hybridized carbons (Fsp3) is 0.143. The maximum absolute atomic E-state index is 13.0. The monoisotopic (exact) mass is 291 g/mol. The van der Waals surface area contributed by atoms with Gasteiger partial charge < -0.3 is 10.2 Å². The van der Waals surface area contributed by atoms with Crippen LogP contribution in [0.1, 0.15) is 0 Å². The van der Waals surface area contributed by atoms with Gasteiger partial charge in [-0.05, 0) is 36.4 Å². The summed E-state index contributed by atoms with van der Waals surface area (Å²) in [5.74, 6) is -0.495. The van der Waals surface area contributed by atoms with Crippen LogP contribution in [0, 0.1) is 5.95 Å². The third kappa shape index (κ3) is 3.96. The van der Waals surface area contributed by atoms with Crippen molar-refractivity contribution >= 4 is 23.5 Å². The topological polar surface area (TPSA) is 45.2 Å². The van der Waals surface area contributed by atoms with E-state index in [1.54, 1.807) is 38.4 Å². The predicted octanol–water partition coefficient (Wildman–Crippen LogP) is 3.47. The second-order valence-corrected chi connectivity index (χ2v) is 5.34. The Balaban J connectivity index is 2.03. The van der Waals surface area contributed by atoms with Crippen molar-refractivity contribution in [3.05, 3.63) is 48.4 Å². The van der Waals surface area contributed by atoms with Crippen LogP contribution in [0.25, 0.3) is 0 Å². The first-order chi connectivity index (χ1) is 9.54. The first-order valence-electron chi connectivity index (χ1n) is 5.93. The van der Waals surface area contributed by atoms with Gasteiger partial charge in [0.1, 0.15) is 5.03 Å². The molecule has 1 aromatic heterocycles. The van der Waals surface area contributed by atoms with E-state index >= 15 is 0 Å². The van der Waals surface area contributed by atoms with Crippen molar-refractivity contribution in [3.8, 4) is 0 Å². The minimum atomic E-state index is -0.495. The summed E-state index contributed by atoms with van der Waals surface area (Å²) in [5.41, 5.74) is 0.709. The number of aromatic nitrogens is 1. The average Bonchev–Trinajstić information content (AvgIpc) is 2.41. The van der Waals surface area contributed by atoms with Crippen LogP contribution in [-0.2, 0) is 0 Å². The van der Waals surface area contributed by atoms with Gasteiger partial charge >= 0.3 is 6.03 Å². The molecule has 2 aromatic rings. The Morgan fingerprint density at radius 3 is 2.50 bits per heavy atom. The Morgan fingerprint density at radius 2 is 1.90 bits per heavy atom. The fourth-order valence-electron chi connectivity index (χ4n) is 1.41. The molecule has 104 valence electrons. The highest BCUT2D eigenvalue weighted by molar-refractivity contribution is 7.99. The van der Waals surface area contributed by atoms with Gasteiger partial charge in [0.15, 0.2) is 0 Å². The number of nitrogens with one attached hydrogen (secondary N) is 1. The highest BCUT2D eigenvalue weighted by Gasteiger charge is 2.04. The molecule has 20 heavy (non-hydrogen) atoms. The van der Waals surface area contributed by atoms with E-state index in [4.69, 9.17) is 0 Å². The normalized spacial score (nSPS) is 10.2. The number of benzene rings is 1. The van der Waals surface area contributed by atoms with Crippen molar-refractivity contribution < 1.29 is 9.18 Å². The van der Waals surface area contributed by atoms with E-state index in [2.05, 4.69) is 10.3 Å². The zero-order valence-electron chi connectivity index (χ0n) is 11.1. The minimum absolute atomic E-state index is 0.183. The molecule has 0 atom stereocenters. The zero-order valence-corrected chi connectivity index (χ0v) is 11.9. The molecule has 0 unspecified atom stereocenters. The molecule has 1 aromatic carbocycles. The van der Waals surface area contributed by atoms with Gasteiger partial charge in [0.25, 0.3) is 0 Å². The van der Waals surface area contributed by atoms with Gasteiger partial charge in [-0.1, -0.05) is 17.8 Å². The number of halogens is 1. The van der Waals surface area contributed by atoms with Gasteiger partial charge in [0, 0.05) is 24.7 Å². The van der Waals surface area contributed by atoms with Crippen molar-refractivity contribution in [2.75, 3.05) is 19.4 Å². The van der Waals surface area contributed by atoms with Gasteiger partial charge in [0.2, 0.25) is 5.95 Å². The summed E-state index contributed by atoms with van der Waals surface area (Å²) in [7, 11) is 3.35. The number of anilines is 1. The van der Waals surface area contributed by atoms with E-state index in [-0.39, 0.29) is 6.03 Å². The quantitative estimate of drug-likeness (QED) is 0.881. The lowest BCUT2D eigenvalue weighted by Gasteiger charge is -2.12. The van der Waals surface area contributed by atoms with Crippen LogP contribution in [0.5, 0.6) is 0 Å². The van der Waals surface area contributed by atoms with E-state index < -0.39 is 5.95 Å². The second kappa shape index (κ2) is 6.38. The molecule has 6 heteroatoms. The van der Waals surface area contributed by atoms with Crippen LogP contribution in [0.4, 0.5) is 14.9 Å². The van der Waals surface area contributed by atoms with Crippen molar-refractivity contribution in [1.82, 2.24) is 9.88 Å². The summed E-state index contributed by atoms with van der Waals surface area (Å²) in [6.07, 6.45) is 0. The van der Waals surface area contributed by atoms with Crippen LogP contribution >= 0.6 is 11.8 Å². The van der Waals surface area contributed by atoms with Gasteiger partial charge in [-0.15, -0.1) is 0 Å². The number of pyridine rings is 1. The molecule has 0 saturated heterocycles.